The number of carbonyl (C=O) groups excluding carboxylic acids is 1. The van der Waals surface area contributed by atoms with E-state index >= 15 is 0 Å². The highest BCUT2D eigenvalue weighted by Gasteiger charge is 2.47. The molecule has 0 atom stereocenters. The Balaban J connectivity index is 2.20. The summed E-state index contributed by atoms with van der Waals surface area (Å²) in [5.74, 6) is -1.02. The molecule has 1 spiro atoms. The van der Waals surface area contributed by atoms with Crippen LogP contribution in [0.5, 0.6) is 0 Å². The lowest BCUT2D eigenvalue weighted by atomic mass is 9.89. The Kier molecular flexibility index (Phi) is 1.94. The molecule has 84 valence electrons. The lowest BCUT2D eigenvalue weighted by Gasteiger charge is -2.15. The molecule has 0 bridgehead atoms. The van der Waals surface area contributed by atoms with E-state index in [9.17, 15) is 13.6 Å². The lowest BCUT2D eigenvalue weighted by molar-refractivity contribution is -0.118. The van der Waals surface area contributed by atoms with Crippen LogP contribution in [0.1, 0.15) is 36.8 Å². The minimum Gasteiger partial charge on any atom is -0.299 e. The molecule has 0 saturated heterocycles. The minimum atomic E-state index is -0.559. The van der Waals surface area contributed by atoms with Gasteiger partial charge in [0.15, 0.2) is 0 Å². The first-order chi connectivity index (χ1) is 7.61. The summed E-state index contributed by atoms with van der Waals surface area (Å²) < 4.78 is 26.9. The van der Waals surface area contributed by atoms with Gasteiger partial charge in [0.1, 0.15) is 17.4 Å². The fraction of sp³-hybridized carbons (Fsp3) is 0.462. The molecule has 16 heavy (non-hydrogen) atoms. The molecule has 2 aliphatic carbocycles. The van der Waals surface area contributed by atoms with Crippen molar-refractivity contribution in [1.29, 1.82) is 0 Å². The molecule has 2 aliphatic rings. The zero-order chi connectivity index (χ0) is 11.3. The van der Waals surface area contributed by atoms with Crippen molar-refractivity contribution in [2.24, 2.45) is 0 Å². The maximum atomic E-state index is 13.7. The lowest BCUT2D eigenvalue weighted by Crippen LogP contribution is -2.09. The molecule has 1 fully saturated rings. The summed E-state index contributed by atoms with van der Waals surface area (Å²) in [6, 6.07) is 2.30. The molecule has 3 rings (SSSR count). The summed E-state index contributed by atoms with van der Waals surface area (Å²) in [6.45, 7) is 0. The number of carbonyl (C=O) groups is 1. The van der Waals surface area contributed by atoms with E-state index in [1.807, 2.05) is 0 Å². The van der Waals surface area contributed by atoms with Gasteiger partial charge in [0.05, 0.1) is 0 Å². The molecule has 0 unspecified atom stereocenters. The number of rotatable bonds is 0. The molecule has 0 heterocycles. The normalized spacial score (nSPS) is 21.8. The molecule has 3 heteroatoms. The van der Waals surface area contributed by atoms with Gasteiger partial charge in [-0.1, -0.05) is 0 Å². The van der Waals surface area contributed by atoms with Gasteiger partial charge in [0.2, 0.25) is 0 Å². The molecule has 0 amide bonds. The van der Waals surface area contributed by atoms with Crippen molar-refractivity contribution in [2.45, 2.75) is 37.5 Å². The second-order valence-corrected chi connectivity index (χ2v) is 4.91. The highest BCUT2D eigenvalue weighted by atomic mass is 19.1. The van der Waals surface area contributed by atoms with E-state index in [-0.39, 0.29) is 17.6 Å². The number of fused-ring (bicyclic) bond motifs is 2. The summed E-state index contributed by atoms with van der Waals surface area (Å²) in [4.78, 5) is 11.5. The highest BCUT2D eigenvalue weighted by molar-refractivity contribution is 5.82. The van der Waals surface area contributed by atoms with Gasteiger partial charge < -0.3 is 0 Å². The second-order valence-electron chi connectivity index (χ2n) is 4.91. The van der Waals surface area contributed by atoms with Crippen LogP contribution < -0.4 is 0 Å². The van der Waals surface area contributed by atoms with Crippen LogP contribution in [0.2, 0.25) is 0 Å². The predicted octanol–water partition coefficient (Wildman–Crippen LogP) is 2.90. The molecule has 0 aromatic heterocycles. The molecule has 1 aromatic carbocycles. The van der Waals surface area contributed by atoms with Gasteiger partial charge in [-0.3, -0.25) is 4.79 Å². The van der Waals surface area contributed by atoms with Crippen LogP contribution >= 0.6 is 0 Å². The second kappa shape index (κ2) is 3.12. The molecule has 0 N–H and O–H groups in total. The van der Waals surface area contributed by atoms with Crippen molar-refractivity contribution in [1.82, 2.24) is 0 Å². The average Bonchev–Trinajstić information content (AvgIpc) is 3.00. The van der Waals surface area contributed by atoms with Crippen molar-refractivity contribution < 1.29 is 13.6 Å². The first-order valence-electron chi connectivity index (χ1n) is 5.61. The van der Waals surface area contributed by atoms with Crippen molar-refractivity contribution in [3.63, 3.8) is 0 Å². The smallest absolute Gasteiger partial charge is 0.137 e. The first-order valence-corrected chi connectivity index (χ1v) is 5.61. The molecule has 1 nitrogen and oxygen atoms in total. The van der Waals surface area contributed by atoms with E-state index in [0.717, 1.165) is 30.9 Å². The van der Waals surface area contributed by atoms with Crippen LogP contribution in [0.15, 0.2) is 12.1 Å². The zero-order valence-electron chi connectivity index (χ0n) is 8.85. The van der Waals surface area contributed by atoms with Gasteiger partial charge in [-0.15, -0.1) is 0 Å². The van der Waals surface area contributed by atoms with Crippen LogP contribution in [-0.2, 0) is 16.6 Å². The Labute approximate surface area is 92.5 Å². The van der Waals surface area contributed by atoms with E-state index in [2.05, 4.69) is 0 Å². The number of hydrogen-bond donors (Lipinski definition) is 0. The molecular formula is C13H12F2O. The Hall–Kier alpha value is -1.25. The fourth-order valence-corrected chi connectivity index (χ4v) is 2.73. The minimum absolute atomic E-state index is 0.0653. The number of halogens is 2. The Morgan fingerprint density at radius 3 is 2.56 bits per heavy atom. The first kappa shape index (κ1) is 9.94. The molecule has 0 aliphatic heterocycles. The van der Waals surface area contributed by atoms with Crippen LogP contribution in [0.25, 0.3) is 0 Å². The highest BCUT2D eigenvalue weighted by Crippen LogP contribution is 2.54. The maximum absolute atomic E-state index is 13.7. The number of benzene rings is 1. The predicted molar refractivity (Wildman–Crippen MR) is 55.2 cm³/mol. The van der Waals surface area contributed by atoms with E-state index in [1.54, 1.807) is 0 Å². The third kappa shape index (κ3) is 1.38. The quantitative estimate of drug-likeness (QED) is 0.659. The molecule has 0 radical (unpaired) electrons. The third-order valence-corrected chi connectivity index (χ3v) is 3.84. The van der Waals surface area contributed by atoms with Crippen LogP contribution in [-0.4, -0.2) is 5.78 Å². The summed E-state index contributed by atoms with van der Waals surface area (Å²) in [5, 5.41) is 0. The van der Waals surface area contributed by atoms with Crippen LogP contribution in [0.4, 0.5) is 8.78 Å². The van der Waals surface area contributed by atoms with Gasteiger partial charge in [-0.05, 0) is 41.9 Å². The summed E-state index contributed by atoms with van der Waals surface area (Å²) >= 11 is 0. The summed E-state index contributed by atoms with van der Waals surface area (Å²) in [5.41, 5.74) is 1.09. The molecule has 1 saturated carbocycles. The standard InChI is InChI=1S/C13H12F2O/c14-8-5-11-10(12(15)6-8)7-9(16)1-2-13(11)3-4-13/h5-6H,1-4,7H2. The van der Waals surface area contributed by atoms with Crippen LogP contribution in [0, 0.1) is 11.6 Å². The van der Waals surface area contributed by atoms with Gasteiger partial charge in [0, 0.05) is 18.9 Å². The van der Waals surface area contributed by atoms with E-state index in [1.165, 1.54) is 6.07 Å². The SMILES string of the molecule is O=C1CCC2(CC2)c2cc(F)cc(F)c2C1. The van der Waals surface area contributed by atoms with Gasteiger partial charge >= 0.3 is 0 Å². The third-order valence-electron chi connectivity index (χ3n) is 3.84. The number of Topliss-reactive ketones (excluding diaryl/α,β-unsaturated/α-hetero) is 1. The van der Waals surface area contributed by atoms with Gasteiger partial charge in [-0.25, -0.2) is 8.78 Å². The Morgan fingerprint density at radius 2 is 1.88 bits per heavy atom. The van der Waals surface area contributed by atoms with E-state index in [4.69, 9.17) is 0 Å². The summed E-state index contributed by atoms with van der Waals surface area (Å²) in [6.07, 6.45) is 3.28. The Morgan fingerprint density at radius 1 is 1.12 bits per heavy atom. The van der Waals surface area contributed by atoms with Crippen LogP contribution in [0.3, 0.4) is 0 Å². The van der Waals surface area contributed by atoms with E-state index in [0.29, 0.717) is 12.0 Å². The monoisotopic (exact) mass is 222 g/mol. The van der Waals surface area contributed by atoms with Gasteiger partial charge in [0.25, 0.3) is 0 Å². The molecule has 1 aromatic rings. The fourth-order valence-electron chi connectivity index (χ4n) is 2.73. The summed E-state index contributed by atoms with van der Waals surface area (Å²) in [7, 11) is 0. The number of hydrogen-bond acceptors (Lipinski definition) is 1. The van der Waals surface area contributed by atoms with Gasteiger partial charge in [-0.2, -0.15) is 0 Å². The maximum Gasteiger partial charge on any atom is 0.137 e. The Bertz CT molecular complexity index is 475. The number of ketones is 1. The van der Waals surface area contributed by atoms with Crippen molar-refractivity contribution in [2.75, 3.05) is 0 Å². The van der Waals surface area contributed by atoms with Crippen molar-refractivity contribution in [3.05, 3.63) is 34.9 Å². The largest absolute Gasteiger partial charge is 0.299 e. The zero-order valence-corrected chi connectivity index (χ0v) is 8.85. The van der Waals surface area contributed by atoms with Crippen molar-refractivity contribution >= 4 is 5.78 Å². The van der Waals surface area contributed by atoms with E-state index < -0.39 is 11.6 Å². The topological polar surface area (TPSA) is 17.1 Å². The van der Waals surface area contributed by atoms with Crippen molar-refractivity contribution in [3.8, 4) is 0 Å². The molecular weight excluding hydrogens is 210 g/mol. The average molecular weight is 222 g/mol.